The summed E-state index contributed by atoms with van der Waals surface area (Å²) in [6.45, 7) is 9.36. The number of nitrogens with one attached hydrogen (secondary N) is 2. The van der Waals surface area contributed by atoms with Gasteiger partial charge in [0.1, 0.15) is 0 Å². The molecule has 0 bridgehead atoms. The van der Waals surface area contributed by atoms with E-state index in [0.29, 0.717) is 13.1 Å². The Kier molecular flexibility index (Phi) is 9.06. The summed E-state index contributed by atoms with van der Waals surface area (Å²) in [6.07, 6.45) is 3.29. The molecule has 0 radical (unpaired) electrons. The minimum Gasteiger partial charge on any atom is -0.341 e. The Morgan fingerprint density at radius 2 is 1.83 bits per heavy atom. The van der Waals surface area contributed by atoms with Crippen molar-refractivity contribution in [1.82, 2.24) is 15.5 Å². The van der Waals surface area contributed by atoms with Gasteiger partial charge in [-0.15, -0.1) is 0 Å². The fourth-order valence-corrected chi connectivity index (χ4v) is 1.60. The summed E-state index contributed by atoms with van der Waals surface area (Å²) in [5, 5.41) is 5.49. The SMILES string of the molecule is CCCCCN(CCNC(=O)NC(C)C)C(C)=O. The zero-order chi connectivity index (χ0) is 14.0. The molecule has 0 rings (SSSR count). The Hall–Kier alpha value is -1.26. The highest BCUT2D eigenvalue weighted by molar-refractivity contribution is 5.74. The van der Waals surface area contributed by atoms with Crippen LogP contribution in [-0.4, -0.2) is 42.5 Å². The van der Waals surface area contributed by atoms with Crippen LogP contribution in [0.15, 0.2) is 0 Å². The molecule has 106 valence electrons. The maximum absolute atomic E-state index is 11.4. The topological polar surface area (TPSA) is 61.4 Å². The number of urea groups is 1. The molecule has 0 aromatic heterocycles. The van der Waals surface area contributed by atoms with Gasteiger partial charge in [0.15, 0.2) is 0 Å². The first-order chi connectivity index (χ1) is 8.47. The molecule has 0 saturated heterocycles. The predicted molar refractivity (Wildman–Crippen MR) is 73.4 cm³/mol. The van der Waals surface area contributed by atoms with E-state index in [-0.39, 0.29) is 18.0 Å². The van der Waals surface area contributed by atoms with Gasteiger partial charge in [-0.2, -0.15) is 0 Å². The third-order valence-corrected chi connectivity index (χ3v) is 2.56. The van der Waals surface area contributed by atoms with Crippen molar-refractivity contribution in [3.63, 3.8) is 0 Å². The first-order valence-corrected chi connectivity index (χ1v) is 6.77. The molecule has 2 N–H and O–H groups in total. The number of carbonyl (C=O) groups excluding carboxylic acids is 2. The molecule has 0 fully saturated rings. The average Bonchev–Trinajstić information content (AvgIpc) is 2.25. The summed E-state index contributed by atoms with van der Waals surface area (Å²) in [4.78, 5) is 24.5. The van der Waals surface area contributed by atoms with Crippen LogP contribution in [0.25, 0.3) is 0 Å². The summed E-state index contributed by atoms with van der Waals surface area (Å²) in [7, 11) is 0. The van der Waals surface area contributed by atoms with Crippen LogP contribution < -0.4 is 10.6 Å². The summed E-state index contributed by atoms with van der Waals surface area (Å²) in [5.74, 6) is 0.0668. The number of hydrogen-bond acceptors (Lipinski definition) is 2. The number of unbranched alkanes of at least 4 members (excludes halogenated alkanes) is 2. The molecule has 3 amide bonds. The Bertz CT molecular complexity index is 255. The van der Waals surface area contributed by atoms with Gasteiger partial charge in [-0.05, 0) is 20.3 Å². The fourth-order valence-electron chi connectivity index (χ4n) is 1.60. The number of rotatable bonds is 8. The van der Waals surface area contributed by atoms with E-state index < -0.39 is 0 Å². The highest BCUT2D eigenvalue weighted by Gasteiger charge is 2.08. The summed E-state index contributed by atoms with van der Waals surface area (Å²) in [5.41, 5.74) is 0. The van der Waals surface area contributed by atoms with E-state index in [1.807, 2.05) is 13.8 Å². The van der Waals surface area contributed by atoms with Crippen LogP contribution in [-0.2, 0) is 4.79 Å². The van der Waals surface area contributed by atoms with Crippen LogP contribution in [0, 0.1) is 0 Å². The predicted octanol–water partition coefficient (Wildman–Crippen LogP) is 1.73. The van der Waals surface area contributed by atoms with Crippen molar-refractivity contribution < 1.29 is 9.59 Å². The molecule has 5 heteroatoms. The highest BCUT2D eigenvalue weighted by Crippen LogP contribution is 1.98. The van der Waals surface area contributed by atoms with Gasteiger partial charge in [0.25, 0.3) is 0 Å². The monoisotopic (exact) mass is 257 g/mol. The van der Waals surface area contributed by atoms with Crippen molar-refractivity contribution in [3.8, 4) is 0 Å². The Morgan fingerprint density at radius 3 is 2.33 bits per heavy atom. The molecule has 0 spiro atoms. The van der Waals surface area contributed by atoms with Gasteiger partial charge in [-0.25, -0.2) is 4.79 Å². The van der Waals surface area contributed by atoms with Gasteiger partial charge in [0.05, 0.1) is 0 Å². The molecule has 0 aliphatic rings. The lowest BCUT2D eigenvalue weighted by Crippen LogP contribution is -2.43. The molecule has 0 saturated carbocycles. The van der Waals surface area contributed by atoms with E-state index in [9.17, 15) is 9.59 Å². The van der Waals surface area contributed by atoms with Gasteiger partial charge in [-0.1, -0.05) is 19.8 Å². The second-order valence-electron chi connectivity index (χ2n) is 4.77. The molecule has 0 heterocycles. The maximum atomic E-state index is 11.4. The quantitative estimate of drug-likeness (QED) is 0.651. The van der Waals surface area contributed by atoms with Gasteiger partial charge < -0.3 is 15.5 Å². The third-order valence-electron chi connectivity index (χ3n) is 2.56. The molecule has 18 heavy (non-hydrogen) atoms. The van der Waals surface area contributed by atoms with Crippen molar-refractivity contribution in [1.29, 1.82) is 0 Å². The van der Waals surface area contributed by atoms with Crippen LogP contribution in [0.1, 0.15) is 47.0 Å². The standard InChI is InChI=1S/C13H27N3O2/c1-5-6-7-9-16(12(4)17)10-8-14-13(18)15-11(2)3/h11H,5-10H2,1-4H3,(H2,14,15,18). The molecule has 0 atom stereocenters. The van der Waals surface area contributed by atoms with Gasteiger partial charge in [-0.3, -0.25) is 4.79 Å². The summed E-state index contributed by atoms with van der Waals surface area (Å²) in [6, 6.07) is -0.0551. The van der Waals surface area contributed by atoms with E-state index in [4.69, 9.17) is 0 Å². The molecular formula is C13H27N3O2. The largest absolute Gasteiger partial charge is 0.341 e. The van der Waals surface area contributed by atoms with Crippen LogP contribution in [0.5, 0.6) is 0 Å². The molecule has 0 aliphatic heterocycles. The summed E-state index contributed by atoms with van der Waals surface area (Å²) >= 11 is 0. The normalized spacial score (nSPS) is 10.3. The average molecular weight is 257 g/mol. The van der Waals surface area contributed by atoms with Gasteiger partial charge in [0.2, 0.25) is 5.91 Å². The molecule has 0 unspecified atom stereocenters. The van der Waals surface area contributed by atoms with Crippen LogP contribution in [0.2, 0.25) is 0 Å². The Balaban J connectivity index is 3.83. The number of hydrogen-bond donors (Lipinski definition) is 2. The number of carbonyl (C=O) groups is 2. The first kappa shape index (κ1) is 16.7. The lowest BCUT2D eigenvalue weighted by Gasteiger charge is -2.21. The van der Waals surface area contributed by atoms with E-state index >= 15 is 0 Å². The fraction of sp³-hybridized carbons (Fsp3) is 0.846. The minimum atomic E-state index is -0.179. The summed E-state index contributed by atoms with van der Waals surface area (Å²) < 4.78 is 0. The van der Waals surface area contributed by atoms with E-state index in [1.54, 1.807) is 11.8 Å². The Labute approximate surface area is 110 Å². The molecule has 0 aliphatic carbocycles. The van der Waals surface area contributed by atoms with Gasteiger partial charge >= 0.3 is 6.03 Å². The molecule has 0 aromatic carbocycles. The first-order valence-electron chi connectivity index (χ1n) is 6.77. The lowest BCUT2D eigenvalue weighted by atomic mass is 10.2. The van der Waals surface area contributed by atoms with Crippen LogP contribution in [0.4, 0.5) is 4.79 Å². The van der Waals surface area contributed by atoms with E-state index in [1.165, 1.54) is 0 Å². The van der Waals surface area contributed by atoms with Crippen molar-refractivity contribution >= 4 is 11.9 Å². The van der Waals surface area contributed by atoms with E-state index in [2.05, 4.69) is 17.6 Å². The third kappa shape index (κ3) is 8.84. The van der Waals surface area contributed by atoms with Crippen LogP contribution >= 0.6 is 0 Å². The van der Waals surface area contributed by atoms with Crippen LogP contribution in [0.3, 0.4) is 0 Å². The number of amides is 3. The van der Waals surface area contributed by atoms with Crippen molar-refractivity contribution in [3.05, 3.63) is 0 Å². The second kappa shape index (κ2) is 9.74. The maximum Gasteiger partial charge on any atom is 0.315 e. The van der Waals surface area contributed by atoms with E-state index in [0.717, 1.165) is 25.8 Å². The lowest BCUT2D eigenvalue weighted by molar-refractivity contribution is -0.128. The zero-order valence-electron chi connectivity index (χ0n) is 12.1. The molecule has 0 aromatic rings. The highest BCUT2D eigenvalue weighted by atomic mass is 16.2. The molecular weight excluding hydrogens is 230 g/mol. The molecule has 5 nitrogen and oxygen atoms in total. The van der Waals surface area contributed by atoms with Crippen molar-refractivity contribution in [2.24, 2.45) is 0 Å². The smallest absolute Gasteiger partial charge is 0.315 e. The Morgan fingerprint density at radius 1 is 1.17 bits per heavy atom. The van der Waals surface area contributed by atoms with Crippen molar-refractivity contribution in [2.45, 2.75) is 53.0 Å². The minimum absolute atomic E-state index is 0.0668. The number of nitrogens with zero attached hydrogens (tertiary/aromatic N) is 1. The second-order valence-corrected chi connectivity index (χ2v) is 4.77. The van der Waals surface area contributed by atoms with Gasteiger partial charge in [0, 0.05) is 32.6 Å². The zero-order valence-corrected chi connectivity index (χ0v) is 12.1. The van der Waals surface area contributed by atoms with Crippen molar-refractivity contribution in [2.75, 3.05) is 19.6 Å².